The third-order valence-electron chi connectivity index (χ3n) is 6.56. The molecule has 0 unspecified atom stereocenters. The van der Waals surface area contributed by atoms with Crippen LogP contribution in [0.25, 0.3) is 11.1 Å². The molecule has 3 aromatic carbocycles. The van der Waals surface area contributed by atoms with Gasteiger partial charge in [0.15, 0.2) is 11.5 Å². The van der Waals surface area contributed by atoms with E-state index in [1.807, 2.05) is 18.2 Å². The molecular weight excluding hydrogens is 562 g/mol. The Balaban J connectivity index is 0.000000517. The van der Waals surface area contributed by atoms with Gasteiger partial charge in [-0.3, -0.25) is 9.69 Å². The van der Waals surface area contributed by atoms with E-state index in [1.54, 1.807) is 37.4 Å². The molecule has 0 aromatic heterocycles. The summed E-state index contributed by atoms with van der Waals surface area (Å²) in [6, 6.07) is 15.7. The first-order valence-corrected chi connectivity index (χ1v) is 12.9. The SMILES string of the molecule is COc1ccc(-c2cc(CNC(=O)c3ccc4c(c3)OCO4)ccc2F)cc1CN1CCNCC1.O=C(O)C(F)(F)F. The van der Waals surface area contributed by atoms with Gasteiger partial charge in [-0.25, -0.2) is 9.18 Å². The normalized spacial score (nSPS) is 14.5. The molecule has 42 heavy (non-hydrogen) atoms. The molecule has 1 amide bonds. The van der Waals surface area contributed by atoms with Crippen LogP contribution in [0.1, 0.15) is 21.5 Å². The van der Waals surface area contributed by atoms with Gasteiger partial charge in [-0.1, -0.05) is 12.1 Å². The summed E-state index contributed by atoms with van der Waals surface area (Å²) in [4.78, 5) is 23.9. The minimum Gasteiger partial charge on any atom is -0.496 e. The molecule has 224 valence electrons. The fourth-order valence-electron chi connectivity index (χ4n) is 4.41. The number of halogens is 4. The third kappa shape index (κ3) is 7.89. The molecular formula is C29H29F4N3O6. The molecule has 2 aliphatic rings. The number of carbonyl (C=O) groups is 2. The Hall–Kier alpha value is -4.36. The van der Waals surface area contributed by atoms with Crippen LogP contribution < -0.4 is 24.8 Å². The average molecular weight is 592 g/mol. The molecule has 13 heteroatoms. The minimum atomic E-state index is -5.08. The summed E-state index contributed by atoms with van der Waals surface area (Å²) in [6.07, 6.45) is -5.08. The zero-order chi connectivity index (χ0) is 30.3. The first-order chi connectivity index (χ1) is 20.0. The second-order valence-corrected chi connectivity index (χ2v) is 9.42. The summed E-state index contributed by atoms with van der Waals surface area (Å²) in [5.41, 5.74) is 3.56. The van der Waals surface area contributed by atoms with E-state index in [-0.39, 0.29) is 25.1 Å². The largest absolute Gasteiger partial charge is 0.496 e. The predicted octanol–water partition coefficient (Wildman–Crippen LogP) is 4.20. The molecule has 1 saturated heterocycles. The molecule has 0 saturated carbocycles. The second-order valence-electron chi connectivity index (χ2n) is 9.42. The van der Waals surface area contributed by atoms with Crippen LogP contribution in [0.5, 0.6) is 17.2 Å². The number of piperazine rings is 1. The van der Waals surface area contributed by atoms with Crippen molar-refractivity contribution in [2.75, 3.05) is 40.1 Å². The first-order valence-electron chi connectivity index (χ1n) is 12.9. The van der Waals surface area contributed by atoms with Gasteiger partial charge in [0.05, 0.1) is 7.11 Å². The van der Waals surface area contributed by atoms with Crippen molar-refractivity contribution >= 4 is 11.9 Å². The van der Waals surface area contributed by atoms with Crippen LogP contribution in [-0.2, 0) is 17.9 Å². The van der Waals surface area contributed by atoms with Crippen LogP contribution in [0.15, 0.2) is 54.6 Å². The van der Waals surface area contributed by atoms with Crippen molar-refractivity contribution in [2.24, 2.45) is 0 Å². The van der Waals surface area contributed by atoms with Crippen molar-refractivity contribution in [2.45, 2.75) is 19.3 Å². The summed E-state index contributed by atoms with van der Waals surface area (Å²) >= 11 is 0. The number of rotatable bonds is 7. The highest BCUT2D eigenvalue weighted by Gasteiger charge is 2.38. The fourth-order valence-corrected chi connectivity index (χ4v) is 4.41. The summed E-state index contributed by atoms with van der Waals surface area (Å²) < 4.78 is 62.8. The Kier molecular flexibility index (Phi) is 9.86. The van der Waals surface area contributed by atoms with Gasteiger partial charge in [0.25, 0.3) is 5.91 Å². The lowest BCUT2D eigenvalue weighted by Gasteiger charge is -2.28. The third-order valence-corrected chi connectivity index (χ3v) is 6.56. The number of carboxylic acid groups (broad SMARTS) is 1. The van der Waals surface area contributed by atoms with E-state index in [9.17, 15) is 22.4 Å². The standard InChI is InChI=1S/C27H28FN3O4.C2HF3O2/c1-33-24-6-3-19(13-21(24)16-31-10-8-29-9-11-31)22-12-18(2-5-23(22)28)15-30-27(32)20-4-7-25-26(14-20)35-17-34-25;3-2(4,5)1(6)7/h2-7,12-14,29H,8-11,15-17H2,1H3,(H,30,32);(H,6,7). The molecule has 3 aromatic rings. The van der Waals surface area contributed by atoms with Crippen LogP contribution in [0.4, 0.5) is 17.6 Å². The number of amides is 1. The van der Waals surface area contributed by atoms with Crippen molar-refractivity contribution in [1.29, 1.82) is 0 Å². The maximum Gasteiger partial charge on any atom is 0.490 e. The van der Waals surface area contributed by atoms with Crippen LogP contribution in [-0.4, -0.2) is 68.1 Å². The second kappa shape index (κ2) is 13.5. The number of carbonyl (C=O) groups excluding carboxylic acids is 1. The van der Waals surface area contributed by atoms with Crippen molar-refractivity contribution in [1.82, 2.24) is 15.5 Å². The Morgan fingerprint density at radius 3 is 2.43 bits per heavy atom. The molecule has 0 atom stereocenters. The lowest BCUT2D eigenvalue weighted by molar-refractivity contribution is -0.192. The molecule has 5 rings (SSSR count). The minimum absolute atomic E-state index is 0.154. The quantitative estimate of drug-likeness (QED) is 0.351. The Bertz CT molecular complexity index is 1430. The van der Waals surface area contributed by atoms with Crippen molar-refractivity contribution in [3.8, 4) is 28.4 Å². The van der Waals surface area contributed by atoms with E-state index >= 15 is 0 Å². The highest BCUT2D eigenvalue weighted by Crippen LogP contribution is 2.33. The van der Waals surface area contributed by atoms with Gasteiger partial charge in [0, 0.05) is 56.0 Å². The molecule has 2 aliphatic heterocycles. The first kappa shape index (κ1) is 30.6. The lowest BCUT2D eigenvalue weighted by atomic mass is 9.99. The number of aliphatic carboxylic acids is 1. The van der Waals surface area contributed by atoms with Gasteiger partial charge < -0.3 is 30.0 Å². The van der Waals surface area contributed by atoms with Gasteiger partial charge in [-0.05, 0) is 53.6 Å². The fraction of sp³-hybridized carbons (Fsp3) is 0.310. The number of hydrogen-bond donors (Lipinski definition) is 3. The summed E-state index contributed by atoms with van der Waals surface area (Å²) in [5.74, 6) is -1.34. The number of fused-ring (bicyclic) bond motifs is 1. The van der Waals surface area contributed by atoms with E-state index in [0.29, 0.717) is 22.6 Å². The van der Waals surface area contributed by atoms with Crippen LogP contribution in [0.3, 0.4) is 0 Å². The number of ether oxygens (including phenoxy) is 3. The highest BCUT2D eigenvalue weighted by molar-refractivity contribution is 5.94. The average Bonchev–Trinajstić information content (AvgIpc) is 3.45. The van der Waals surface area contributed by atoms with Crippen molar-refractivity contribution in [3.05, 3.63) is 77.1 Å². The van der Waals surface area contributed by atoms with Crippen molar-refractivity contribution < 1.29 is 46.5 Å². The molecule has 0 radical (unpaired) electrons. The van der Waals surface area contributed by atoms with Gasteiger partial charge in [-0.15, -0.1) is 0 Å². The Morgan fingerprint density at radius 1 is 1.02 bits per heavy atom. The summed E-state index contributed by atoms with van der Waals surface area (Å²) in [7, 11) is 1.65. The number of methoxy groups -OCH3 is 1. The summed E-state index contributed by atoms with van der Waals surface area (Å²) in [6.45, 7) is 4.99. The zero-order valence-electron chi connectivity index (χ0n) is 22.6. The highest BCUT2D eigenvalue weighted by atomic mass is 19.4. The van der Waals surface area contributed by atoms with Gasteiger partial charge >= 0.3 is 12.1 Å². The number of carboxylic acids is 1. The van der Waals surface area contributed by atoms with Gasteiger partial charge in [0.2, 0.25) is 6.79 Å². The lowest BCUT2D eigenvalue weighted by Crippen LogP contribution is -2.42. The Morgan fingerprint density at radius 2 is 1.74 bits per heavy atom. The van der Waals surface area contributed by atoms with E-state index in [1.165, 1.54) is 6.07 Å². The molecule has 0 bridgehead atoms. The van der Waals surface area contributed by atoms with Crippen LogP contribution >= 0.6 is 0 Å². The molecule has 9 nitrogen and oxygen atoms in total. The number of alkyl halides is 3. The van der Waals surface area contributed by atoms with E-state index < -0.39 is 12.1 Å². The molecule has 0 spiro atoms. The number of nitrogens with zero attached hydrogens (tertiary/aromatic N) is 1. The zero-order valence-corrected chi connectivity index (χ0v) is 22.6. The van der Waals surface area contributed by atoms with Crippen LogP contribution in [0.2, 0.25) is 0 Å². The van der Waals surface area contributed by atoms with Gasteiger partial charge in [0.1, 0.15) is 11.6 Å². The Labute approximate surface area is 239 Å². The molecule has 1 fully saturated rings. The molecule has 3 N–H and O–H groups in total. The number of benzene rings is 3. The summed E-state index contributed by atoms with van der Waals surface area (Å²) in [5, 5.41) is 13.4. The maximum absolute atomic E-state index is 14.9. The number of nitrogens with one attached hydrogen (secondary N) is 2. The van der Waals surface area contributed by atoms with Crippen LogP contribution in [0, 0.1) is 5.82 Å². The smallest absolute Gasteiger partial charge is 0.490 e. The number of hydrogen-bond acceptors (Lipinski definition) is 7. The van der Waals surface area contributed by atoms with E-state index in [0.717, 1.165) is 55.2 Å². The topological polar surface area (TPSA) is 109 Å². The molecule has 2 heterocycles. The molecule has 0 aliphatic carbocycles. The van der Waals surface area contributed by atoms with E-state index in [2.05, 4.69) is 15.5 Å². The monoisotopic (exact) mass is 591 g/mol. The van der Waals surface area contributed by atoms with Crippen molar-refractivity contribution in [3.63, 3.8) is 0 Å². The van der Waals surface area contributed by atoms with E-state index in [4.69, 9.17) is 24.1 Å². The van der Waals surface area contributed by atoms with Gasteiger partial charge in [-0.2, -0.15) is 13.2 Å². The predicted molar refractivity (Wildman–Crippen MR) is 144 cm³/mol. The maximum atomic E-state index is 14.9.